The second-order valence-electron chi connectivity index (χ2n) is 7.55. The lowest BCUT2D eigenvalue weighted by atomic mass is 9.54. The van der Waals surface area contributed by atoms with Crippen LogP contribution in [0.4, 0.5) is 0 Å². The number of hydrogen-bond donors (Lipinski definition) is 2. The molecule has 0 aromatic rings. The highest BCUT2D eigenvalue weighted by molar-refractivity contribution is 8.70. The van der Waals surface area contributed by atoms with Gasteiger partial charge in [0.2, 0.25) is 0 Å². The second-order valence-corrected chi connectivity index (χ2v) is 10.9. The third-order valence-corrected chi connectivity index (χ3v) is 7.30. The van der Waals surface area contributed by atoms with E-state index in [4.69, 9.17) is 15.0 Å². The molecule has 0 aromatic heterocycles. The van der Waals surface area contributed by atoms with E-state index in [1.54, 1.807) is 0 Å². The molecule has 0 aliphatic heterocycles. The Labute approximate surface area is 141 Å². The molecule has 132 valence electrons. The fourth-order valence-corrected chi connectivity index (χ4v) is 6.24. The van der Waals surface area contributed by atoms with Crippen molar-refractivity contribution in [3.8, 4) is 0 Å². The van der Waals surface area contributed by atoms with Crippen LogP contribution in [0.2, 0.25) is 0 Å². The Morgan fingerprint density at radius 1 is 1.30 bits per heavy atom. The van der Waals surface area contributed by atoms with E-state index in [0.29, 0.717) is 17.3 Å². The van der Waals surface area contributed by atoms with E-state index < -0.39 is 9.15 Å². The summed E-state index contributed by atoms with van der Waals surface area (Å²) in [4.78, 5) is 4.20. The number of nitrogens with two attached hydrogens (primary N) is 1. The van der Waals surface area contributed by atoms with Gasteiger partial charge in [-0.1, -0.05) is 0 Å². The van der Waals surface area contributed by atoms with Gasteiger partial charge in [-0.15, -0.1) is 0 Å². The maximum atomic E-state index is 10.7. The molecule has 4 bridgehead atoms. The zero-order valence-corrected chi connectivity index (χ0v) is 15.1. The van der Waals surface area contributed by atoms with Crippen molar-refractivity contribution in [2.45, 2.75) is 57.2 Å². The van der Waals surface area contributed by atoms with Crippen LogP contribution in [0, 0.1) is 17.8 Å². The molecule has 8 heteroatoms. The van der Waals surface area contributed by atoms with E-state index >= 15 is 0 Å². The molecule has 4 rings (SSSR count). The summed E-state index contributed by atoms with van der Waals surface area (Å²) in [5, 5.41) is 0. The number of ether oxygens (including phenoxy) is 1. The van der Waals surface area contributed by atoms with Crippen LogP contribution >= 0.6 is 10.8 Å². The summed E-state index contributed by atoms with van der Waals surface area (Å²) >= 11 is 0. The zero-order valence-electron chi connectivity index (χ0n) is 13.5. The van der Waals surface area contributed by atoms with Crippen molar-refractivity contribution in [2.75, 3.05) is 12.3 Å². The summed E-state index contributed by atoms with van der Waals surface area (Å²) in [6.45, 7) is 2.44. The Hall–Kier alpha value is -0.310. The number of aliphatic imine (C=N–C) groups is 1. The molecule has 4 aliphatic carbocycles. The Morgan fingerprint density at radius 2 is 1.83 bits per heavy atom. The fourth-order valence-electron chi connectivity index (χ4n) is 5.07. The third kappa shape index (κ3) is 4.61. The van der Waals surface area contributed by atoms with Gasteiger partial charge in [0.05, 0.1) is 24.0 Å². The lowest BCUT2D eigenvalue weighted by Crippen LogP contribution is -2.53. The molecule has 0 saturated heterocycles. The molecule has 0 spiro atoms. The SMILES string of the molecule is C[C@H](CN=C(N)CSS(=O)(=O)O)OC12CC3CC(CC(C3)C1)C2. The van der Waals surface area contributed by atoms with Crippen molar-refractivity contribution in [1.82, 2.24) is 0 Å². The molecular weight excluding hydrogens is 336 g/mol. The normalized spacial score (nSPS) is 38.0. The average molecular weight is 363 g/mol. The van der Waals surface area contributed by atoms with Crippen LogP contribution < -0.4 is 5.73 Å². The maximum Gasteiger partial charge on any atom is 0.320 e. The molecule has 4 aliphatic rings. The van der Waals surface area contributed by atoms with Gasteiger partial charge in [0, 0.05) is 10.8 Å². The highest BCUT2D eigenvalue weighted by Crippen LogP contribution is 2.57. The molecule has 0 unspecified atom stereocenters. The van der Waals surface area contributed by atoms with Gasteiger partial charge in [-0.05, 0) is 63.2 Å². The molecule has 0 aromatic carbocycles. The first kappa shape index (κ1) is 17.5. The van der Waals surface area contributed by atoms with E-state index in [2.05, 4.69) is 4.99 Å². The fraction of sp³-hybridized carbons (Fsp3) is 0.933. The van der Waals surface area contributed by atoms with Gasteiger partial charge in [0.1, 0.15) is 5.84 Å². The van der Waals surface area contributed by atoms with Crippen LogP contribution in [-0.4, -0.2) is 42.8 Å². The van der Waals surface area contributed by atoms with Gasteiger partial charge >= 0.3 is 9.15 Å². The van der Waals surface area contributed by atoms with E-state index in [-0.39, 0.29) is 23.3 Å². The van der Waals surface area contributed by atoms with Crippen LogP contribution in [0.3, 0.4) is 0 Å². The van der Waals surface area contributed by atoms with Gasteiger partial charge in [0.25, 0.3) is 0 Å². The summed E-state index contributed by atoms with van der Waals surface area (Å²) in [6.07, 6.45) is 7.67. The zero-order chi connectivity index (χ0) is 16.7. The number of hydrogen-bond acceptors (Lipinski definition) is 5. The van der Waals surface area contributed by atoms with Crippen molar-refractivity contribution >= 4 is 25.8 Å². The molecule has 4 fully saturated rings. The van der Waals surface area contributed by atoms with Crippen molar-refractivity contribution in [2.24, 2.45) is 28.5 Å². The number of amidine groups is 1. The smallest absolute Gasteiger partial charge is 0.320 e. The van der Waals surface area contributed by atoms with E-state index in [9.17, 15) is 8.42 Å². The minimum Gasteiger partial charge on any atom is -0.387 e. The third-order valence-electron chi connectivity index (χ3n) is 5.34. The largest absolute Gasteiger partial charge is 0.387 e. The summed E-state index contributed by atoms with van der Waals surface area (Å²) in [5.74, 6) is 2.71. The predicted octanol–water partition coefficient (Wildman–Crippen LogP) is 2.25. The highest BCUT2D eigenvalue weighted by Gasteiger charge is 2.52. The lowest BCUT2D eigenvalue weighted by molar-refractivity contribution is -0.181. The molecule has 4 saturated carbocycles. The molecular formula is C15H26N2O4S2. The van der Waals surface area contributed by atoms with Gasteiger partial charge in [-0.25, -0.2) is 0 Å². The van der Waals surface area contributed by atoms with Crippen molar-refractivity contribution in [1.29, 1.82) is 0 Å². The van der Waals surface area contributed by atoms with E-state index in [1.165, 1.54) is 38.5 Å². The number of rotatable bonds is 7. The molecule has 0 amide bonds. The summed E-state index contributed by atoms with van der Waals surface area (Å²) in [5.41, 5.74) is 5.73. The first-order valence-corrected chi connectivity index (χ1v) is 11.3. The standard InChI is InChI=1S/C15H26N2O4S2/c1-10(8-17-14(16)9-22-23(18,19)20)21-15-5-11-2-12(6-15)4-13(3-11)7-15/h10-13H,2-9H2,1H3,(H2,16,17)(H,18,19,20)/t10-,11?,12?,13?,15?/m1/s1. The minimum atomic E-state index is -4.07. The molecule has 23 heavy (non-hydrogen) atoms. The first-order chi connectivity index (χ1) is 10.7. The van der Waals surface area contributed by atoms with Crippen LogP contribution in [0.25, 0.3) is 0 Å². The van der Waals surface area contributed by atoms with E-state index in [0.717, 1.165) is 17.8 Å². The van der Waals surface area contributed by atoms with Gasteiger partial charge in [-0.2, -0.15) is 8.42 Å². The quantitative estimate of drug-likeness (QED) is 0.312. The van der Waals surface area contributed by atoms with E-state index in [1.807, 2.05) is 6.92 Å². The summed E-state index contributed by atoms with van der Waals surface area (Å²) in [7, 11) is -3.69. The topological polar surface area (TPSA) is 102 Å². The molecule has 0 radical (unpaired) electrons. The van der Waals surface area contributed by atoms with Gasteiger partial charge < -0.3 is 10.5 Å². The molecule has 0 heterocycles. The monoisotopic (exact) mass is 362 g/mol. The molecule has 6 nitrogen and oxygen atoms in total. The molecule has 1 atom stereocenters. The minimum absolute atomic E-state index is 0.0249. The average Bonchev–Trinajstić information content (AvgIpc) is 2.40. The summed E-state index contributed by atoms with van der Waals surface area (Å²) in [6, 6.07) is 0. The lowest BCUT2D eigenvalue weighted by Gasteiger charge is -2.56. The van der Waals surface area contributed by atoms with Crippen molar-refractivity contribution < 1.29 is 17.7 Å². The first-order valence-electron chi connectivity index (χ1n) is 8.31. The van der Waals surface area contributed by atoms with Crippen LogP contribution in [0.5, 0.6) is 0 Å². The summed E-state index contributed by atoms with van der Waals surface area (Å²) < 4.78 is 36.4. The van der Waals surface area contributed by atoms with Crippen molar-refractivity contribution in [3.63, 3.8) is 0 Å². The Balaban J connectivity index is 1.50. The highest BCUT2D eigenvalue weighted by atomic mass is 33.1. The predicted molar refractivity (Wildman–Crippen MR) is 91.9 cm³/mol. The Morgan fingerprint density at radius 3 is 2.30 bits per heavy atom. The second kappa shape index (κ2) is 6.54. The molecule has 3 N–H and O–H groups in total. The Kier molecular flexibility index (Phi) is 4.98. The number of nitrogens with zero attached hydrogens (tertiary/aromatic N) is 1. The maximum absolute atomic E-state index is 10.7. The van der Waals surface area contributed by atoms with Crippen LogP contribution in [0.15, 0.2) is 4.99 Å². The van der Waals surface area contributed by atoms with Gasteiger partial charge in [0.15, 0.2) is 0 Å². The van der Waals surface area contributed by atoms with Gasteiger partial charge in [-0.3, -0.25) is 9.55 Å². The van der Waals surface area contributed by atoms with Crippen LogP contribution in [0.1, 0.15) is 45.4 Å². The van der Waals surface area contributed by atoms with Crippen LogP contribution in [-0.2, 0) is 13.9 Å². The Bertz CT molecular complexity index is 541. The van der Waals surface area contributed by atoms with Crippen molar-refractivity contribution in [3.05, 3.63) is 0 Å².